The average Bonchev–Trinajstić information content (AvgIpc) is 2.93. The van der Waals surface area contributed by atoms with Crippen molar-refractivity contribution in [3.05, 3.63) is 52.0 Å². The number of nitrogens with zero attached hydrogens (tertiary/aromatic N) is 2. The van der Waals surface area contributed by atoms with Crippen LogP contribution in [-0.4, -0.2) is 63.2 Å². The highest BCUT2D eigenvalue weighted by atomic mass is 35.5. The fourth-order valence-corrected chi connectivity index (χ4v) is 5.54. The molecule has 9 nitrogen and oxygen atoms in total. The Kier molecular flexibility index (Phi) is 11.1. The van der Waals surface area contributed by atoms with E-state index in [4.69, 9.17) is 32.7 Å². The molecule has 0 saturated heterocycles. The van der Waals surface area contributed by atoms with Crippen LogP contribution in [0, 0.1) is 0 Å². The topological polar surface area (TPSA) is 105 Å². The smallest absolute Gasteiger partial charge is 0.244 e. The van der Waals surface area contributed by atoms with Crippen LogP contribution < -0.4 is 19.1 Å². The number of hydrogen-bond donors (Lipinski definition) is 1. The summed E-state index contributed by atoms with van der Waals surface area (Å²) >= 11 is 12.3. The van der Waals surface area contributed by atoms with Crippen LogP contribution in [0.2, 0.25) is 10.0 Å². The van der Waals surface area contributed by atoms with Crippen molar-refractivity contribution in [2.75, 3.05) is 36.4 Å². The molecule has 1 N–H and O–H groups in total. The molecule has 12 heteroatoms. The number of rotatable bonds is 13. The van der Waals surface area contributed by atoms with E-state index in [0.717, 1.165) is 17.1 Å². The van der Waals surface area contributed by atoms with Crippen LogP contribution in [0.4, 0.5) is 5.69 Å². The lowest BCUT2D eigenvalue weighted by Gasteiger charge is -2.33. The van der Waals surface area contributed by atoms with Gasteiger partial charge in [0, 0.05) is 19.2 Å². The van der Waals surface area contributed by atoms with Gasteiger partial charge in [0.1, 0.15) is 25.8 Å². The van der Waals surface area contributed by atoms with Crippen molar-refractivity contribution in [1.29, 1.82) is 0 Å². The summed E-state index contributed by atoms with van der Waals surface area (Å²) in [6.45, 7) is 6.07. The first-order chi connectivity index (χ1) is 18.6. The van der Waals surface area contributed by atoms with Crippen LogP contribution in [0.25, 0.3) is 0 Å². The molecule has 1 aliphatic heterocycles. The predicted molar refractivity (Wildman–Crippen MR) is 153 cm³/mol. The van der Waals surface area contributed by atoms with Crippen LogP contribution in [0.5, 0.6) is 11.5 Å². The summed E-state index contributed by atoms with van der Waals surface area (Å²) in [6, 6.07) is 8.89. The molecule has 1 unspecified atom stereocenters. The number of sulfonamides is 1. The van der Waals surface area contributed by atoms with E-state index in [0.29, 0.717) is 53.3 Å². The van der Waals surface area contributed by atoms with E-state index < -0.39 is 28.5 Å². The van der Waals surface area contributed by atoms with Crippen molar-refractivity contribution in [2.24, 2.45) is 0 Å². The molecular formula is C27H35Cl2N3O6S. The summed E-state index contributed by atoms with van der Waals surface area (Å²) in [4.78, 5) is 28.5. The number of hydrogen-bond acceptors (Lipinski definition) is 6. The molecule has 0 radical (unpaired) electrons. The number of unbranched alkanes of at least 4 members (excludes halogenated alkanes) is 1. The van der Waals surface area contributed by atoms with Gasteiger partial charge >= 0.3 is 0 Å². The Bertz CT molecular complexity index is 1270. The fraction of sp³-hybridized carbons (Fsp3) is 0.481. The standard InChI is InChI=1S/C27H35Cl2N3O6S/c1-4-7-12-30-27(34)23(5-2)31(17-19-8-10-21(28)22(29)15-19)26(33)18-32(39(35,36)6-3)20-9-11-24-25(16-20)38-14-13-37-24/h8-11,15-16,23H,4-7,12-14,17-18H2,1-3H3,(H,30,34). The molecule has 0 fully saturated rings. The Morgan fingerprint density at radius 2 is 1.72 bits per heavy atom. The maximum Gasteiger partial charge on any atom is 0.244 e. The van der Waals surface area contributed by atoms with Gasteiger partial charge in [0.05, 0.1) is 21.5 Å². The Labute approximate surface area is 240 Å². The minimum absolute atomic E-state index is 0.0383. The summed E-state index contributed by atoms with van der Waals surface area (Å²) in [7, 11) is -3.87. The summed E-state index contributed by atoms with van der Waals surface area (Å²) < 4.78 is 38.6. The zero-order valence-corrected chi connectivity index (χ0v) is 24.7. The molecular weight excluding hydrogens is 565 g/mol. The molecule has 39 heavy (non-hydrogen) atoms. The molecule has 3 rings (SSSR count). The van der Waals surface area contributed by atoms with Gasteiger partial charge in [0.2, 0.25) is 21.8 Å². The maximum absolute atomic E-state index is 13.9. The molecule has 1 atom stereocenters. The van der Waals surface area contributed by atoms with Crippen molar-refractivity contribution in [3.8, 4) is 11.5 Å². The van der Waals surface area contributed by atoms with Crippen molar-refractivity contribution in [2.45, 2.75) is 52.6 Å². The zero-order chi connectivity index (χ0) is 28.6. The van der Waals surface area contributed by atoms with Gasteiger partial charge in [-0.3, -0.25) is 13.9 Å². The molecule has 2 amide bonds. The van der Waals surface area contributed by atoms with Gasteiger partial charge in [-0.25, -0.2) is 8.42 Å². The molecule has 1 aliphatic rings. The van der Waals surface area contributed by atoms with Crippen molar-refractivity contribution < 1.29 is 27.5 Å². The number of carbonyl (C=O) groups excluding carboxylic acids is 2. The number of amides is 2. The molecule has 0 aromatic heterocycles. The van der Waals surface area contributed by atoms with Crippen LogP contribution in [0.1, 0.15) is 45.6 Å². The van der Waals surface area contributed by atoms with Gasteiger partial charge in [-0.2, -0.15) is 0 Å². The van der Waals surface area contributed by atoms with Crippen LogP contribution >= 0.6 is 23.2 Å². The molecule has 214 valence electrons. The van der Waals surface area contributed by atoms with E-state index in [1.54, 1.807) is 43.3 Å². The molecule has 1 heterocycles. The maximum atomic E-state index is 13.9. The lowest BCUT2D eigenvalue weighted by atomic mass is 10.1. The summed E-state index contributed by atoms with van der Waals surface area (Å²) in [6.07, 6.45) is 2.04. The predicted octanol–water partition coefficient (Wildman–Crippen LogP) is 4.64. The second-order valence-electron chi connectivity index (χ2n) is 9.07. The molecule has 0 aliphatic carbocycles. The third-order valence-corrected chi connectivity index (χ3v) is 8.83. The first-order valence-corrected chi connectivity index (χ1v) is 15.4. The highest BCUT2D eigenvalue weighted by Crippen LogP contribution is 2.35. The SMILES string of the molecule is CCCCNC(=O)C(CC)N(Cc1ccc(Cl)c(Cl)c1)C(=O)CN(c1ccc2c(c1)OCCO2)S(=O)(=O)CC. The average molecular weight is 601 g/mol. The Morgan fingerprint density at radius 1 is 1.00 bits per heavy atom. The van der Waals surface area contributed by atoms with Gasteiger partial charge in [-0.05, 0) is 49.6 Å². The first kappa shape index (κ1) is 30.8. The van der Waals surface area contributed by atoms with Crippen LogP contribution in [0.15, 0.2) is 36.4 Å². The second kappa shape index (κ2) is 14.1. The van der Waals surface area contributed by atoms with Crippen molar-refractivity contribution in [3.63, 3.8) is 0 Å². The number of anilines is 1. The van der Waals surface area contributed by atoms with Crippen molar-refractivity contribution >= 4 is 50.7 Å². The zero-order valence-electron chi connectivity index (χ0n) is 22.4. The lowest BCUT2D eigenvalue weighted by Crippen LogP contribution is -2.52. The van der Waals surface area contributed by atoms with E-state index in [2.05, 4.69) is 5.32 Å². The lowest BCUT2D eigenvalue weighted by molar-refractivity contribution is -0.140. The van der Waals surface area contributed by atoms with Crippen molar-refractivity contribution in [1.82, 2.24) is 10.2 Å². The largest absolute Gasteiger partial charge is 0.486 e. The number of benzene rings is 2. The van der Waals surface area contributed by atoms with E-state index in [9.17, 15) is 18.0 Å². The molecule has 0 spiro atoms. The summed E-state index contributed by atoms with van der Waals surface area (Å²) in [5, 5.41) is 3.57. The van der Waals surface area contributed by atoms with Crippen LogP contribution in [-0.2, 0) is 26.2 Å². The Balaban J connectivity index is 1.97. The molecule has 2 aromatic rings. The summed E-state index contributed by atoms with van der Waals surface area (Å²) in [5.41, 5.74) is 0.922. The summed E-state index contributed by atoms with van der Waals surface area (Å²) in [5.74, 6) is -0.164. The first-order valence-electron chi connectivity index (χ1n) is 13.0. The number of carbonyl (C=O) groups is 2. The van der Waals surface area contributed by atoms with E-state index in [-0.39, 0.29) is 23.9 Å². The monoisotopic (exact) mass is 599 g/mol. The fourth-order valence-electron chi connectivity index (χ4n) is 4.17. The number of nitrogens with one attached hydrogen (secondary N) is 1. The normalized spacial score (nSPS) is 13.5. The van der Waals surface area contributed by atoms with Crippen LogP contribution in [0.3, 0.4) is 0 Å². The van der Waals surface area contributed by atoms with Gasteiger partial charge in [0.25, 0.3) is 0 Å². The van der Waals surface area contributed by atoms with E-state index >= 15 is 0 Å². The quantitative estimate of drug-likeness (QED) is 0.336. The Morgan fingerprint density at radius 3 is 2.36 bits per heavy atom. The Hall–Kier alpha value is -2.69. The molecule has 2 aromatic carbocycles. The molecule has 0 bridgehead atoms. The van der Waals surface area contributed by atoms with E-state index in [1.165, 1.54) is 11.8 Å². The third kappa shape index (κ3) is 7.93. The third-order valence-electron chi connectivity index (χ3n) is 6.35. The molecule has 0 saturated carbocycles. The van der Waals surface area contributed by atoms with Gasteiger partial charge in [-0.1, -0.05) is 49.5 Å². The highest BCUT2D eigenvalue weighted by Gasteiger charge is 2.33. The highest BCUT2D eigenvalue weighted by molar-refractivity contribution is 7.92. The minimum atomic E-state index is -3.87. The van der Waals surface area contributed by atoms with Gasteiger partial charge in [-0.15, -0.1) is 0 Å². The number of fused-ring (bicyclic) bond motifs is 1. The second-order valence-corrected chi connectivity index (χ2v) is 12.1. The van der Waals surface area contributed by atoms with Gasteiger partial charge < -0.3 is 19.7 Å². The number of halogens is 2. The van der Waals surface area contributed by atoms with E-state index in [1.807, 2.05) is 6.92 Å². The van der Waals surface area contributed by atoms with Gasteiger partial charge in [0.15, 0.2) is 11.5 Å². The number of ether oxygens (including phenoxy) is 2. The minimum Gasteiger partial charge on any atom is -0.486 e.